The number of carboxylic acids is 2. The van der Waals surface area contributed by atoms with Crippen LogP contribution in [0.2, 0.25) is 0 Å². The number of nitrogens with zero attached hydrogens (tertiary/aromatic N) is 1. The van der Waals surface area contributed by atoms with Gasteiger partial charge in [-0.05, 0) is 29.5 Å². The number of thioether (sulfide) groups is 1. The van der Waals surface area contributed by atoms with Crippen LogP contribution in [-0.4, -0.2) is 101 Å². The fourth-order valence-corrected chi connectivity index (χ4v) is 5.84. The van der Waals surface area contributed by atoms with Crippen molar-refractivity contribution in [3.8, 4) is 11.1 Å². The number of hydrogen-bond donors (Lipinski definition) is 9. The fraction of sp³-hybridized carbons (Fsp3) is 0.355. The van der Waals surface area contributed by atoms with E-state index in [0.29, 0.717) is 5.56 Å². The van der Waals surface area contributed by atoms with E-state index in [1.165, 1.54) is 0 Å². The van der Waals surface area contributed by atoms with Crippen molar-refractivity contribution in [1.29, 1.82) is 0 Å². The summed E-state index contributed by atoms with van der Waals surface area (Å²) in [4.78, 5) is 92.5. The van der Waals surface area contributed by atoms with E-state index in [0.717, 1.165) is 22.9 Å². The molecular formula is C31H38N8O9S. The second-order valence-corrected chi connectivity index (χ2v) is 12.0. The molecule has 2 aromatic rings. The molecule has 17 nitrogen and oxygen atoms in total. The average molecular weight is 699 g/mol. The molecule has 0 saturated carbocycles. The molecule has 1 aliphatic rings. The first kappa shape index (κ1) is 37.8. The molecule has 0 spiro atoms. The van der Waals surface area contributed by atoms with Crippen LogP contribution in [0.5, 0.6) is 0 Å². The molecule has 1 saturated heterocycles. The first-order valence-electron chi connectivity index (χ1n) is 15.1. The molecule has 0 aliphatic carbocycles. The van der Waals surface area contributed by atoms with Crippen LogP contribution in [0.25, 0.3) is 11.1 Å². The highest BCUT2D eigenvalue weighted by molar-refractivity contribution is 8.00. The van der Waals surface area contributed by atoms with Crippen molar-refractivity contribution in [3.05, 3.63) is 60.2 Å². The van der Waals surface area contributed by atoms with Crippen LogP contribution in [0.3, 0.4) is 0 Å². The monoisotopic (exact) mass is 698 g/mol. The number of carbonyl (C=O) groups is 7. The average Bonchev–Trinajstić information content (AvgIpc) is 3.06. The Bertz CT molecular complexity index is 1550. The highest BCUT2D eigenvalue weighted by atomic mass is 32.2. The molecule has 0 bridgehead atoms. The van der Waals surface area contributed by atoms with Gasteiger partial charge in [0.2, 0.25) is 29.5 Å². The summed E-state index contributed by atoms with van der Waals surface area (Å²) in [5.41, 5.74) is 12.9. The van der Waals surface area contributed by atoms with Gasteiger partial charge in [-0.3, -0.25) is 33.8 Å². The Kier molecular flexibility index (Phi) is 14.4. The summed E-state index contributed by atoms with van der Waals surface area (Å²) in [7, 11) is 0. The van der Waals surface area contributed by atoms with Crippen molar-refractivity contribution in [3.63, 3.8) is 0 Å². The third kappa shape index (κ3) is 12.5. The van der Waals surface area contributed by atoms with Crippen molar-refractivity contribution in [1.82, 2.24) is 26.6 Å². The molecule has 49 heavy (non-hydrogen) atoms. The Morgan fingerprint density at radius 1 is 0.776 bits per heavy atom. The van der Waals surface area contributed by atoms with Crippen LogP contribution < -0.4 is 38.1 Å². The molecule has 11 N–H and O–H groups in total. The fourth-order valence-electron chi connectivity index (χ4n) is 4.64. The zero-order chi connectivity index (χ0) is 35.9. The van der Waals surface area contributed by atoms with Crippen LogP contribution in [0.15, 0.2) is 59.6 Å². The standard InChI is InChI=1S/C31H38N8O9S/c32-31(33)34-12-4-7-20-27(44)35-14-24(41)38-21(13-25(42)43)28(45)39-22(30(47)48)16-49-26(29(46)36-15-23(40)37-20)19-10-8-18(9-11-19)17-5-2-1-3-6-17/h1-3,5-6,8-11,20-22,26H,4,7,12-16H2,(H,35,44)(H,36,46)(H,37,40)(H,38,41)(H,39,45)(H,42,43)(H,47,48)(H4,32,33,34)/t20-,21-,22-,26?/m0/s1. The predicted octanol–water partition coefficient (Wildman–Crippen LogP) is -1.56. The van der Waals surface area contributed by atoms with Gasteiger partial charge in [-0.15, -0.1) is 11.8 Å². The largest absolute Gasteiger partial charge is 0.481 e. The van der Waals surface area contributed by atoms with E-state index < -0.39 is 84.4 Å². The van der Waals surface area contributed by atoms with Crippen molar-refractivity contribution in [2.24, 2.45) is 16.5 Å². The number of carboxylic acid groups (broad SMARTS) is 2. The smallest absolute Gasteiger partial charge is 0.327 e. The summed E-state index contributed by atoms with van der Waals surface area (Å²) in [6.45, 7) is -1.13. The maximum Gasteiger partial charge on any atom is 0.327 e. The third-order valence-electron chi connectivity index (χ3n) is 7.08. The SMILES string of the molecule is NC(N)=NCCC[C@@H]1NC(=O)CNC(=O)C(c2ccc(-c3ccccc3)cc2)SC[C@@H](C(=O)O)NC(=O)[C@H](CC(=O)O)NC(=O)CNC1=O. The number of rotatable bonds is 9. The molecule has 0 aromatic heterocycles. The lowest BCUT2D eigenvalue weighted by atomic mass is 10.0. The predicted molar refractivity (Wildman–Crippen MR) is 179 cm³/mol. The Balaban J connectivity index is 1.92. The Hall–Kier alpha value is -5.65. The molecule has 1 heterocycles. The van der Waals surface area contributed by atoms with Crippen molar-refractivity contribution in [2.45, 2.75) is 42.6 Å². The second-order valence-electron chi connectivity index (χ2n) is 10.8. The molecule has 5 amide bonds. The number of aliphatic imine (C=N–C) groups is 1. The molecule has 0 radical (unpaired) electrons. The highest BCUT2D eigenvalue weighted by Crippen LogP contribution is 2.31. The zero-order valence-electron chi connectivity index (χ0n) is 26.2. The summed E-state index contributed by atoms with van der Waals surface area (Å²) in [5, 5.41) is 29.9. The van der Waals surface area contributed by atoms with E-state index in [2.05, 4.69) is 31.6 Å². The Morgan fingerprint density at radius 3 is 1.96 bits per heavy atom. The molecule has 1 fully saturated rings. The number of benzene rings is 2. The zero-order valence-corrected chi connectivity index (χ0v) is 27.0. The van der Waals surface area contributed by atoms with Gasteiger partial charge in [-0.1, -0.05) is 54.6 Å². The van der Waals surface area contributed by atoms with Crippen LogP contribution >= 0.6 is 11.8 Å². The first-order valence-corrected chi connectivity index (χ1v) is 16.1. The van der Waals surface area contributed by atoms with Gasteiger partial charge in [-0.25, -0.2) is 4.79 Å². The van der Waals surface area contributed by atoms with E-state index in [4.69, 9.17) is 11.5 Å². The van der Waals surface area contributed by atoms with Gasteiger partial charge in [0.15, 0.2) is 5.96 Å². The van der Waals surface area contributed by atoms with Gasteiger partial charge < -0.3 is 48.3 Å². The van der Waals surface area contributed by atoms with E-state index in [1.54, 1.807) is 24.3 Å². The molecule has 2 aromatic carbocycles. The van der Waals surface area contributed by atoms with Gasteiger partial charge >= 0.3 is 11.9 Å². The normalized spacial score (nSPS) is 21.3. The first-order chi connectivity index (χ1) is 23.3. The van der Waals surface area contributed by atoms with E-state index in [-0.39, 0.29) is 31.1 Å². The van der Waals surface area contributed by atoms with Gasteiger partial charge in [0.1, 0.15) is 23.4 Å². The second kappa shape index (κ2) is 18.6. The van der Waals surface area contributed by atoms with Crippen LogP contribution in [0.4, 0.5) is 0 Å². The van der Waals surface area contributed by atoms with Crippen molar-refractivity contribution in [2.75, 3.05) is 25.4 Å². The number of aliphatic carboxylic acids is 2. The molecule has 4 atom stereocenters. The molecule has 262 valence electrons. The summed E-state index contributed by atoms with van der Waals surface area (Å²) >= 11 is 0.860. The van der Waals surface area contributed by atoms with Gasteiger partial charge in [0.25, 0.3) is 0 Å². The van der Waals surface area contributed by atoms with E-state index in [1.807, 2.05) is 30.3 Å². The number of amides is 5. The highest BCUT2D eigenvalue weighted by Gasteiger charge is 2.31. The maximum atomic E-state index is 13.5. The number of hydrogen-bond acceptors (Lipinski definition) is 9. The van der Waals surface area contributed by atoms with Gasteiger partial charge in [0, 0.05) is 12.3 Å². The number of guanidine groups is 1. The van der Waals surface area contributed by atoms with Gasteiger partial charge in [-0.2, -0.15) is 0 Å². The lowest BCUT2D eigenvalue weighted by Gasteiger charge is -2.24. The Morgan fingerprint density at radius 2 is 1.37 bits per heavy atom. The van der Waals surface area contributed by atoms with Crippen LogP contribution in [-0.2, 0) is 33.6 Å². The van der Waals surface area contributed by atoms with E-state index >= 15 is 0 Å². The van der Waals surface area contributed by atoms with Crippen LogP contribution in [0.1, 0.15) is 30.1 Å². The van der Waals surface area contributed by atoms with Crippen molar-refractivity contribution < 1.29 is 43.8 Å². The minimum Gasteiger partial charge on any atom is -0.481 e. The minimum atomic E-state index is -1.70. The summed E-state index contributed by atoms with van der Waals surface area (Å²) in [6.07, 6.45) is -0.609. The summed E-state index contributed by atoms with van der Waals surface area (Å²) < 4.78 is 0. The molecule has 1 unspecified atom stereocenters. The van der Waals surface area contributed by atoms with Crippen LogP contribution in [0, 0.1) is 0 Å². The number of carbonyl (C=O) groups excluding carboxylic acids is 5. The lowest BCUT2D eigenvalue weighted by molar-refractivity contribution is -0.143. The summed E-state index contributed by atoms with van der Waals surface area (Å²) in [6, 6.07) is 11.8. The Labute approximate surface area is 285 Å². The number of nitrogens with two attached hydrogens (primary N) is 2. The molecule has 3 rings (SSSR count). The topological polar surface area (TPSA) is 284 Å². The van der Waals surface area contributed by atoms with Gasteiger partial charge in [0.05, 0.1) is 19.5 Å². The molecule has 1 aliphatic heterocycles. The summed E-state index contributed by atoms with van der Waals surface area (Å²) in [5.74, 6) is -7.71. The molecular weight excluding hydrogens is 660 g/mol. The third-order valence-corrected chi connectivity index (χ3v) is 8.42. The quantitative estimate of drug-likeness (QED) is 0.0817. The maximum absolute atomic E-state index is 13.5. The van der Waals surface area contributed by atoms with E-state index in [9.17, 15) is 43.8 Å². The number of nitrogens with one attached hydrogen (secondary N) is 5. The minimum absolute atomic E-state index is 0.0385. The lowest BCUT2D eigenvalue weighted by Crippen LogP contribution is -2.55. The van der Waals surface area contributed by atoms with Crippen molar-refractivity contribution >= 4 is 59.2 Å². The molecule has 18 heteroatoms.